The molecule has 3 N–H and O–H groups in total. The Morgan fingerprint density at radius 3 is 2.89 bits per heavy atom. The molecule has 6 nitrogen and oxygen atoms in total. The normalized spacial score (nSPS) is 22.3. The number of rotatable bonds is 5. The molecule has 0 amide bonds. The lowest BCUT2D eigenvalue weighted by molar-refractivity contribution is 0.120. The van der Waals surface area contributed by atoms with Gasteiger partial charge < -0.3 is 15.8 Å². The van der Waals surface area contributed by atoms with Crippen molar-refractivity contribution in [2.75, 3.05) is 18.5 Å². The van der Waals surface area contributed by atoms with Crippen molar-refractivity contribution in [1.82, 2.24) is 9.97 Å². The molecule has 1 aliphatic carbocycles. The Balaban J connectivity index is 1.51. The van der Waals surface area contributed by atoms with Crippen molar-refractivity contribution in [1.29, 1.82) is 0 Å². The number of nitrogens with zero attached hydrogens (tertiary/aromatic N) is 3. The van der Waals surface area contributed by atoms with Crippen LogP contribution < -0.4 is 11.1 Å². The van der Waals surface area contributed by atoms with Gasteiger partial charge >= 0.3 is 0 Å². The summed E-state index contributed by atoms with van der Waals surface area (Å²) in [5.41, 5.74) is 8.77. The van der Waals surface area contributed by atoms with Crippen LogP contribution >= 0.6 is 11.6 Å². The van der Waals surface area contributed by atoms with Crippen LogP contribution in [0.2, 0.25) is 5.02 Å². The number of nitrogens with one attached hydrogen (secondary N) is 1. The first-order valence-corrected chi connectivity index (χ1v) is 10.4. The lowest BCUT2D eigenvalue weighted by Crippen LogP contribution is -2.26. The van der Waals surface area contributed by atoms with E-state index in [4.69, 9.17) is 32.0 Å². The van der Waals surface area contributed by atoms with Crippen LogP contribution in [0.3, 0.4) is 0 Å². The highest BCUT2D eigenvalue weighted by molar-refractivity contribution is 6.33. The van der Waals surface area contributed by atoms with Gasteiger partial charge in [0.05, 0.1) is 16.8 Å². The van der Waals surface area contributed by atoms with Crippen LogP contribution in [0.1, 0.15) is 38.5 Å². The van der Waals surface area contributed by atoms with Gasteiger partial charge in [-0.2, -0.15) is 0 Å². The van der Waals surface area contributed by atoms with Gasteiger partial charge in [-0.3, -0.25) is 0 Å². The molecule has 1 atom stereocenters. The highest BCUT2D eigenvalue weighted by atomic mass is 35.5. The maximum absolute atomic E-state index is 6.42. The molecule has 0 spiro atoms. The summed E-state index contributed by atoms with van der Waals surface area (Å²) in [7, 11) is 0. The Morgan fingerprint density at radius 1 is 1.25 bits per heavy atom. The summed E-state index contributed by atoms with van der Waals surface area (Å²) < 4.78 is 5.66. The minimum absolute atomic E-state index is 0.265. The number of aliphatic imine (C=N–C) groups is 1. The summed E-state index contributed by atoms with van der Waals surface area (Å²) in [6.07, 6.45) is 7.98. The Bertz CT molecular complexity index is 840. The summed E-state index contributed by atoms with van der Waals surface area (Å²) in [6.45, 7) is 1.62. The summed E-state index contributed by atoms with van der Waals surface area (Å²) in [5.74, 6) is 1.49. The minimum atomic E-state index is 0.265. The lowest BCUT2D eigenvalue weighted by Gasteiger charge is -2.18. The number of anilines is 1. The SMILES string of the molecule is NC1CCC(=Nc2cc(-c3cccc(NC[C@@H]4CCCO4)n3)c(Cl)cn2)CC1. The van der Waals surface area contributed by atoms with Crippen LogP contribution in [0, 0.1) is 0 Å². The zero-order chi connectivity index (χ0) is 19.3. The lowest BCUT2D eigenvalue weighted by atomic mass is 9.94. The molecular weight excluding hydrogens is 374 g/mol. The number of halogens is 1. The molecule has 28 heavy (non-hydrogen) atoms. The number of aromatic nitrogens is 2. The van der Waals surface area contributed by atoms with Gasteiger partial charge in [-0.15, -0.1) is 0 Å². The van der Waals surface area contributed by atoms with E-state index >= 15 is 0 Å². The minimum Gasteiger partial charge on any atom is -0.376 e. The largest absolute Gasteiger partial charge is 0.376 e. The van der Waals surface area contributed by atoms with Crippen molar-refractivity contribution < 1.29 is 4.74 Å². The van der Waals surface area contributed by atoms with Gasteiger partial charge in [-0.1, -0.05) is 17.7 Å². The van der Waals surface area contributed by atoms with Crippen molar-refractivity contribution >= 4 is 28.9 Å². The third-order valence-electron chi connectivity index (χ3n) is 5.28. The van der Waals surface area contributed by atoms with E-state index in [1.165, 1.54) is 0 Å². The number of hydrogen-bond donors (Lipinski definition) is 2. The molecule has 7 heteroatoms. The van der Waals surface area contributed by atoms with E-state index in [0.717, 1.165) is 74.5 Å². The Morgan fingerprint density at radius 2 is 2.11 bits per heavy atom. The van der Waals surface area contributed by atoms with Gasteiger partial charge in [0.2, 0.25) is 0 Å². The molecule has 0 bridgehead atoms. The summed E-state index contributed by atoms with van der Waals surface area (Å²) >= 11 is 6.42. The van der Waals surface area contributed by atoms with E-state index in [1.54, 1.807) is 6.20 Å². The first-order valence-electron chi connectivity index (χ1n) is 9.98. The summed E-state index contributed by atoms with van der Waals surface area (Å²) in [6, 6.07) is 8.09. The van der Waals surface area contributed by atoms with Crippen molar-refractivity contribution in [3.05, 3.63) is 35.5 Å². The highest BCUT2D eigenvalue weighted by Gasteiger charge is 2.16. The van der Waals surface area contributed by atoms with Gasteiger partial charge in [0.15, 0.2) is 5.82 Å². The fraction of sp³-hybridized carbons (Fsp3) is 0.476. The molecule has 1 aliphatic heterocycles. The Kier molecular flexibility index (Phi) is 6.20. The number of nitrogens with two attached hydrogens (primary N) is 1. The molecule has 3 heterocycles. The second-order valence-electron chi connectivity index (χ2n) is 7.46. The first kappa shape index (κ1) is 19.3. The van der Waals surface area contributed by atoms with E-state index < -0.39 is 0 Å². The Labute approximate surface area is 170 Å². The predicted molar refractivity (Wildman–Crippen MR) is 113 cm³/mol. The molecule has 148 valence electrons. The summed E-state index contributed by atoms with van der Waals surface area (Å²) in [5, 5.41) is 3.93. The van der Waals surface area contributed by atoms with Gasteiger partial charge in [0.25, 0.3) is 0 Å². The van der Waals surface area contributed by atoms with Crippen molar-refractivity contribution in [2.24, 2.45) is 10.7 Å². The van der Waals surface area contributed by atoms with E-state index in [-0.39, 0.29) is 6.10 Å². The van der Waals surface area contributed by atoms with Crippen LogP contribution in [0.5, 0.6) is 0 Å². The van der Waals surface area contributed by atoms with Crippen molar-refractivity contribution in [3.63, 3.8) is 0 Å². The number of pyridine rings is 2. The van der Waals surface area contributed by atoms with E-state index in [1.807, 2.05) is 24.3 Å². The average molecular weight is 400 g/mol. The third-order valence-corrected chi connectivity index (χ3v) is 5.58. The molecule has 2 fully saturated rings. The van der Waals surface area contributed by atoms with Crippen molar-refractivity contribution in [3.8, 4) is 11.3 Å². The maximum Gasteiger partial charge on any atom is 0.152 e. The quantitative estimate of drug-likeness (QED) is 0.780. The van der Waals surface area contributed by atoms with Crippen LogP contribution in [-0.2, 0) is 4.74 Å². The molecule has 2 aliphatic rings. The van der Waals surface area contributed by atoms with Gasteiger partial charge in [-0.25, -0.2) is 15.0 Å². The van der Waals surface area contributed by atoms with Gasteiger partial charge in [-0.05, 0) is 56.7 Å². The van der Waals surface area contributed by atoms with Gasteiger partial charge in [0, 0.05) is 36.7 Å². The van der Waals surface area contributed by atoms with Crippen LogP contribution in [0.15, 0.2) is 35.5 Å². The molecule has 4 rings (SSSR count). The standard InChI is InChI=1S/C21H26ClN5O/c22-18-13-25-21(26-15-8-6-14(23)7-9-15)11-17(18)19-4-1-5-20(27-19)24-12-16-3-2-10-28-16/h1,4-5,11,13-14,16H,2-3,6-10,12,23H2,(H,24,27)/t14?,16-/m0/s1. The van der Waals surface area contributed by atoms with Crippen LogP contribution in [0.4, 0.5) is 11.6 Å². The topological polar surface area (TPSA) is 85.4 Å². The fourth-order valence-corrected chi connectivity index (χ4v) is 3.84. The summed E-state index contributed by atoms with van der Waals surface area (Å²) in [4.78, 5) is 13.8. The van der Waals surface area contributed by atoms with E-state index in [2.05, 4.69) is 10.3 Å². The smallest absolute Gasteiger partial charge is 0.152 e. The number of ether oxygens (including phenoxy) is 1. The van der Waals surface area contributed by atoms with Crippen LogP contribution in [0.25, 0.3) is 11.3 Å². The van der Waals surface area contributed by atoms with Crippen molar-refractivity contribution in [2.45, 2.75) is 50.7 Å². The maximum atomic E-state index is 6.42. The first-order chi connectivity index (χ1) is 13.7. The fourth-order valence-electron chi connectivity index (χ4n) is 3.64. The highest BCUT2D eigenvalue weighted by Crippen LogP contribution is 2.30. The molecule has 2 aromatic heterocycles. The molecule has 1 saturated heterocycles. The molecular formula is C21H26ClN5O. The Hall–Kier alpha value is -2.02. The zero-order valence-electron chi connectivity index (χ0n) is 15.9. The van der Waals surface area contributed by atoms with E-state index in [0.29, 0.717) is 16.9 Å². The molecule has 0 radical (unpaired) electrons. The second kappa shape index (κ2) is 8.99. The second-order valence-corrected chi connectivity index (χ2v) is 7.87. The predicted octanol–water partition coefficient (Wildman–Crippen LogP) is 4.36. The molecule has 0 aromatic carbocycles. The third kappa shape index (κ3) is 4.87. The average Bonchev–Trinajstić information content (AvgIpc) is 3.23. The molecule has 2 aromatic rings. The monoisotopic (exact) mass is 399 g/mol. The van der Waals surface area contributed by atoms with Gasteiger partial charge in [0.1, 0.15) is 5.82 Å². The van der Waals surface area contributed by atoms with Crippen LogP contribution in [-0.4, -0.2) is 41.0 Å². The zero-order valence-corrected chi connectivity index (χ0v) is 16.7. The van der Waals surface area contributed by atoms with E-state index in [9.17, 15) is 0 Å². The number of hydrogen-bond acceptors (Lipinski definition) is 6. The molecule has 1 saturated carbocycles. The molecule has 0 unspecified atom stereocenters.